The lowest BCUT2D eigenvalue weighted by molar-refractivity contribution is -0.135. The Balaban J connectivity index is 1.76. The van der Waals surface area contributed by atoms with Crippen molar-refractivity contribution < 1.29 is 23.8 Å². The second kappa shape index (κ2) is 7.32. The Bertz CT molecular complexity index is 1350. The summed E-state index contributed by atoms with van der Waals surface area (Å²) in [7, 11) is 1.58. The molecule has 2 heterocycles. The zero-order valence-electron chi connectivity index (χ0n) is 16.6. The summed E-state index contributed by atoms with van der Waals surface area (Å²) in [6.07, 6.45) is 1.48. The molecule has 1 atom stereocenters. The summed E-state index contributed by atoms with van der Waals surface area (Å²) >= 11 is 0. The van der Waals surface area contributed by atoms with E-state index >= 15 is 0 Å². The highest BCUT2D eigenvalue weighted by molar-refractivity contribution is 5.94. The quantitative estimate of drug-likeness (QED) is 0.389. The van der Waals surface area contributed by atoms with Crippen molar-refractivity contribution in [2.45, 2.75) is 12.3 Å². The molecule has 1 aliphatic heterocycles. The van der Waals surface area contributed by atoms with Gasteiger partial charge in [0.05, 0.1) is 19.1 Å². The Morgan fingerprint density at radius 2 is 1.77 bits per heavy atom. The zero-order valence-corrected chi connectivity index (χ0v) is 16.6. The summed E-state index contributed by atoms with van der Waals surface area (Å²) in [6.45, 7) is 0. The summed E-state index contributed by atoms with van der Waals surface area (Å²) in [5.74, 6) is -0.218. The van der Waals surface area contributed by atoms with Gasteiger partial charge in [0, 0.05) is 17.5 Å². The highest BCUT2D eigenvalue weighted by Crippen LogP contribution is 2.45. The van der Waals surface area contributed by atoms with E-state index in [-0.39, 0.29) is 34.3 Å². The van der Waals surface area contributed by atoms with Crippen LogP contribution in [0.15, 0.2) is 76.1 Å². The monoisotopic (exact) mass is 414 g/mol. The summed E-state index contributed by atoms with van der Waals surface area (Å²) in [6, 6.07) is 17.8. The van der Waals surface area contributed by atoms with Gasteiger partial charge in [0.1, 0.15) is 34.5 Å². The Hall–Kier alpha value is -4.06. The number of aromatic hydroxyl groups is 1. The molecule has 4 aromatic rings. The topological polar surface area (TPSA) is 86.0 Å². The second-order valence-corrected chi connectivity index (χ2v) is 7.36. The summed E-state index contributed by atoms with van der Waals surface area (Å²) in [5, 5.41) is 10.7. The number of phenolic OH excluding ortho intramolecular Hbond substituents is 1. The Morgan fingerprint density at radius 1 is 1.03 bits per heavy atom. The van der Waals surface area contributed by atoms with E-state index in [1.54, 1.807) is 31.4 Å². The highest BCUT2D eigenvalue weighted by atomic mass is 16.5. The van der Waals surface area contributed by atoms with Gasteiger partial charge < -0.3 is 19.0 Å². The first-order chi connectivity index (χ1) is 15.1. The van der Waals surface area contributed by atoms with Crippen molar-refractivity contribution in [3.63, 3.8) is 0 Å². The molecule has 0 spiro atoms. The van der Waals surface area contributed by atoms with E-state index in [1.165, 1.54) is 12.3 Å². The average molecular weight is 414 g/mol. The van der Waals surface area contributed by atoms with Gasteiger partial charge in [-0.1, -0.05) is 42.5 Å². The van der Waals surface area contributed by atoms with Gasteiger partial charge in [0.25, 0.3) is 0 Å². The summed E-state index contributed by atoms with van der Waals surface area (Å²) in [5.41, 5.74) is 2.31. The first kappa shape index (κ1) is 18.9. The smallest absolute Gasteiger partial charge is 0.312 e. The van der Waals surface area contributed by atoms with Crippen LogP contribution >= 0.6 is 0 Å². The van der Waals surface area contributed by atoms with E-state index in [0.717, 1.165) is 5.56 Å². The SMILES string of the molecule is COc1ccc([C@@H]2CC(=O)Oc3cc(O)c4c(=O)c(-c5ccccc5)coc4c32)cc1. The molecular formula is C25H18O6. The molecule has 0 fully saturated rings. The number of carbonyl (C=O) groups is 1. The number of methoxy groups -OCH3 is 1. The second-order valence-electron chi connectivity index (χ2n) is 7.36. The fourth-order valence-corrected chi connectivity index (χ4v) is 4.07. The molecule has 3 aromatic carbocycles. The van der Waals surface area contributed by atoms with Crippen molar-refractivity contribution in [3.8, 4) is 28.4 Å². The molecule has 5 rings (SSSR count). The van der Waals surface area contributed by atoms with E-state index < -0.39 is 11.9 Å². The number of hydrogen-bond acceptors (Lipinski definition) is 6. The number of rotatable bonds is 3. The van der Waals surface area contributed by atoms with Gasteiger partial charge in [-0.2, -0.15) is 0 Å². The molecule has 1 aromatic heterocycles. The lowest BCUT2D eigenvalue weighted by Gasteiger charge is -2.26. The molecule has 0 unspecified atom stereocenters. The predicted octanol–water partition coefficient (Wildman–Crippen LogP) is 4.62. The molecule has 31 heavy (non-hydrogen) atoms. The third-order valence-corrected chi connectivity index (χ3v) is 5.57. The molecule has 6 nitrogen and oxygen atoms in total. The van der Waals surface area contributed by atoms with Gasteiger partial charge in [0.2, 0.25) is 5.43 Å². The average Bonchev–Trinajstić information content (AvgIpc) is 2.79. The molecule has 0 aliphatic carbocycles. The molecule has 0 saturated carbocycles. The van der Waals surface area contributed by atoms with Crippen LogP contribution in [0.3, 0.4) is 0 Å². The maximum absolute atomic E-state index is 13.3. The maximum Gasteiger partial charge on any atom is 0.312 e. The Labute approximate surface area is 177 Å². The first-order valence-electron chi connectivity index (χ1n) is 9.78. The Morgan fingerprint density at radius 3 is 2.48 bits per heavy atom. The predicted molar refractivity (Wildman–Crippen MR) is 115 cm³/mol. The van der Waals surface area contributed by atoms with Crippen LogP contribution in [0, 0.1) is 0 Å². The van der Waals surface area contributed by atoms with Gasteiger partial charge >= 0.3 is 5.97 Å². The zero-order chi connectivity index (χ0) is 21.5. The molecule has 0 saturated heterocycles. The third kappa shape index (κ3) is 3.13. The van der Waals surface area contributed by atoms with Crippen LogP contribution in [0.1, 0.15) is 23.5 Å². The van der Waals surface area contributed by atoms with Crippen molar-refractivity contribution >= 4 is 16.9 Å². The van der Waals surface area contributed by atoms with Crippen molar-refractivity contribution in [1.82, 2.24) is 0 Å². The van der Waals surface area contributed by atoms with Crippen molar-refractivity contribution in [2.24, 2.45) is 0 Å². The van der Waals surface area contributed by atoms with Crippen LogP contribution in [-0.4, -0.2) is 18.2 Å². The van der Waals surface area contributed by atoms with Gasteiger partial charge in [-0.05, 0) is 23.3 Å². The largest absolute Gasteiger partial charge is 0.507 e. The maximum atomic E-state index is 13.3. The molecule has 0 amide bonds. The van der Waals surface area contributed by atoms with E-state index in [2.05, 4.69) is 0 Å². The van der Waals surface area contributed by atoms with Crippen LogP contribution in [0.5, 0.6) is 17.2 Å². The van der Waals surface area contributed by atoms with Gasteiger partial charge in [0.15, 0.2) is 0 Å². The van der Waals surface area contributed by atoms with E-state index in [0.29, 0.717) is 22.4 Å². The molecule has 1 N–H and O–H groups in total. The van der Waals surface area contributed by atoms with Crippen LogP contribution in [0.4, 0.5) is 0 Å². The van der Waals surface area contributed by atoms with Crippen molar-refractivity contribution in [3.05, 3.63) is 88.3 Å². The number of fused-ring (bicyclic) bond motifs is 3. The van der Waals surface area contributed by atoms with Crippen LogP contribution < -0.4 is 14.9 Å². The highest BCUT2D eigenvalue weighted by Gasteiger charge is 2.33. The Kier molecular flexibility index (Phi) is 4.47. The fraction of sp³-hybridized carbons (Fsp3) is 0.120. The minimum Gasteiger partial charge on any atom is -0.507 e. The summed E-state index contributed by atoms with van der Waals surface area (Å²) < 4.78 is 16.5. The van der Waals surface area contributed by atoms with Gasteiger partial charge in [-0.3, -0.25) is 9.59 Å². The van der Waals surface area contributed by atoms with Gasteiger partial charge in [-0.15, -0.1) is 0 Å². The number of esters is 1. The first-order valence-corrected chi connectivity index (χ1v) is 9.78. The third-order valence-electron chi connectivity index (χ3n) is 5.57. The molecular weight excluding hydrogens is 396 g/mol. The minimum atomic E-state index is -0.421. The molecule has 154 valence electrons. The lowest BCUT2D eigenvalue weighted by Crippen LogP contribution is -2.22. The van der Waals surface area contributed by atoms with Crippen LogP contribution in [-0.2, 0) is 4.79 Å². The number of carbonyl (C=O) groups excluding carboxylic acids is 1. The van der Waals surface area contributed by atoms with Crippen LogP contribution in [0.25, 0.3) is 22.1 Å². The van der Waals surface area contributed by atoms with E-state index in [4.69, 9.17) is 13.9 Å². The lowest BCUT2D eigenvalue weighted by atomic mass is 9.85. The van der Waals surface area contributed by atoms with E-state index in [9.17, 15) is 14.7 Å². The van der Waals surface area contributed by atoms with E-state index in [1.807, 2.05) is 30.3 Å². The van der Waals surface area contributed by atoms with Crippen molar-refractivity contribution in [1.29, 1.82) is 0 Å². The molecule has 6 heteroatoms. The minimum absolute atomic E-state index is 0.0663. The molecule has 1 aliphatic rings. The fourth-order valence-electron chi connectivity index (χ4n) is 4.07. The van der Waals surface area contributed by atoms with Gasteiger partial charge in [-0.25, -0.2) is 0 Å². The number of hydrogen-bond donors (Lipinski definition) is 1. The number of phenols is 1. The van der Waals surface area contributed by atoms with Crippen molar-refractivity contribution in [2.75, 3.05) is 7.11 Å². The summed E-state index contributed by atoms with van der Waals surface area (Å²) in [4.78, 5) is 25.5. The molecule has 0 bridgehead atoms. The number of ether oxygens (including phenoxy) is 2. The molecule has 0 radical (unpaired) electrons. The van der Waals surface area contributed by atoms with Crippen LogP contribution in [0.2, 0.25) is 0 Å². The normalized spacial score (nSPS) is 15.4. The number of benzene rings is 3. The standard InChI is InChI=1S/C25H18O6/c1-29-16-9-7-15(8-10-16)17-11-21(27)31-20-12-19(26)23-24(28)18(13-30-25(23)22(17)20)14-5-3-2-4-6-14/h2-10,12-13,17,26H,11H2,1H3/t17-/m0/s1.